The van der Waals surface area contributed by atoms with Crippen LogP contribution in [0.15, 0.2) is 23.1 Å². The van der Waals surface area contributed by atoms with Crippen LogP contribution in [0.25, 0.3) is 0 Å². The van der Waals surface area contributed by atoms with E-state index in [4.69, 9.17) is 17.3 Å². The van der Waals surface area contributed by atoms with E-state index in [1.807, 2.05) is 0 Å². The van der Waals surface area contributed by atoms with E-state index in [1.165, 1.54) is 6.07 Å². The Morgan fingerprint density at radius 3 is 2.58 bits per heavy atom. The van der Waals surface area contributed by atoms with Gasteiger partial charge in [-0.05, 0) is 37.0 Å². The van der Waals surface area contributed by atoms with Gasteiger partial charge in [0.2, 0.25) is 10.0 Å². The molecule has 1 aromatic rings. The molecule has 0 spiro atoms. The number of nitrogens with two attached hydrogens (primary N) is 1. The van der Waals surface area contributed by atoms with Crippen molar-refractivity contribution in [3.8, 4) is 0 Å². The molecule has 0 amide bonds. The second-order valence-electron chi connectivity index (χ2n) is 5.15. The first-order chi connectivity index (χ1) is 8.72. The quantitative estimate of drug-likeness (QED) is 0.847. The standard InChI is InChI=1S/C13H21ClN2O2S/c1-9(2)6-12(15)8-16-19(17,18)13-7-11(14)5-4-10(13)3/h4-5,7,9,12,16H,6,8,15H2,1-3H3. The maximum atomic E-state index is 12.2. The molecule has 4 nitrogen and oxygen atoms in total. The van der Waals surface area contributed by atoms with Gasteiger partial charge < -0.3 is 5.73 Å². The van der Waals surface area contributed by atoms with E-state index in [-0.39, 0.29) is 17.5 Å². The fourth-order valence-corrected chi connectivity index (χ4v) is 3.45. The largest absolute Gasteiger partial charge is 0.327 e. The molecule has 1 aromatic carbocycles. The summed E-state index contributed by atoms with van der Waals surface area (Å²) in [5.41, 5.74) is 6.54. The number of nitrogens with one attached hydrogen (secondary N) is 1. The van der Waals surface area contributed by atoms with Gasteiger partial charge in [0.15, 0.2) is 0 Å². The number of hydrogen-bond acceptors (Lipinski definition) is 3. The van der Waals surface area contributed by atoms with Gasteiger partial charge in [-0.3, -0.25) is 0 Å². The topological polar surface area (TPSA) is 72.2 Å². The molecule has 1 rings (SSSR count). The lowest BCUT2D eigenvalue weighted by Crippen LogP contribution is -2.38. The first-order valence-electron chi connectivity index (χ1n) is 6.23. The summed E-state index contributed by atoms with van der Waals surface area (Å²) in [5, 5.41) is 0.400. The summed E-state index contributed by atoms with van der Waals surface area (Å²) in [4.78, 5) is 0.205. The number of hydrogen-bond donors (Lipinski definition) is 2. The SMILES string of the molecule is Cc1ccc(Cl)cc1S(=O)(=O)NCC(N)CC(C)C. The van der Waals surface area contributed by atoms with Gasteiger partial charge in [-0.1, -0.05) is 31.5 Å². The Bertz CT molecular complexity index is 529. The maximum Gasteiger partial charge on any atom is 0.240 e. The zero-order chi connectivity index (χ0) is 14.6. The molecule has 0 bridgehead atoms. The molecule has 3 N–H and O–H groups in total. The van der Waals surface area contributed by atoms with E-state index in [2.05, 4.69) is 18.6 Å². The number of halogens is 1. The van der Waals surface area contributed by atoms with E-state index in [9.17, 15) is 8.42 Å². The van der Waals surface area contributed by atoms with Crippen molar-refractivity contribution in [2.45, 2.75) is 38.1 Å². The zero-order valence-corrected chi connectivity index (χ0v) is 13.1. The van der Waals surface area contributed by atoms with Crippen molar-refractivity contribution in [3.63, 3.8) is 0 Å². The normalized spacial score (nSPS) is 13.8. The van der Waals surface area contributed by atoms with Gasteiger partial charge in [-0.2, -0.15) is 0 Å². The number of sulfonamides is 1. The van der Waals surface area contributed by atoms with Crippen molar-refractivity contribution in [1.82, 2.24) is 4.72 Å². The molecule has 0 radical (unpaired) electrons. The molecule has 0 aromatic heterocycles. The summed E-state index contributed by atoms with van der Waals surface area (Å²) in [7, 11) is -3.56. The van der Waals surface area contributed by atoms with Crippen molar-refractivity contribution in [2.24, 2.45) is 11.7 Å². The molecule has 19 heavy (non-hydrogen) atoms. The highest BCUT2D eigenvalue weighted by molar-refractivity contribution is 7.89. The molecule has 0 saturated heterocycles. The van der Waals surface area contributed by atoms with Crippen LogP contribution in [0.5, 0.6) is 0 Å². The highest BCUT2D eigenvalue weighted by atomic mass is 35.5. The number of rotatable bonds is 6. The minimum absolute atomic E-state index is 0.186. The maximum absolute atomic E-state index is 12.2. The molecule has 0 aliphatic heterocycles. The van der Waals surface area contributed by atoms with Crippen LogP contribution >= 0.6 is 11.6 Å². The number of aryl methyl sites for hydroxylation is 1. The molecule has 0 heterocycles. The van der Waals surface area contributed by atoms with Crippen LogP contribution in [0, 0.1) is 12.8 Å². The van der Waals surface area contributed by atoms with Gasteiger partial charge >= 0.3 is 0 Å². The summed E-state index contributed by atoms with van der Waals surface area (Å²) in [6.07, 6.45) is 0.775. The van der Waals surface area contributed by atoms with Gasteiger partial charge in [-0.15, -0.1) is 0 Å². The number of benzene rings is 1. The van der Waals surface area contributed by atoms with Crippen molar-refractivity contribution in [1.29, 1.82) is 0 Å². The summed E-state index contributed by atoms with van der Waals surface area (Å²) >= 11 is 5.84. The van der Waals surface area contributed by atoms with Crippen molar-refractivity contribution >= 4 is 21.6 Å². The van der Waals surface area contributed by atoms with Crippen LogP contribution in [-0.2, 0) is 10.0 Å². The fraction of sp³-hybridized carbons (Fsp3) is 0.538. The smallest absolute Gasteiger partial charge is 0.240 e. The van der Waals surface area contributed by atoms with Crippen molar-refractivity contribution < 1.29 is 8.42 Å². The van der Waals surface area contributed by atoms with Crippen LogP contribution in [0.4, 0.5) is 0 Å². The lowest BCUT2D eigenvalue weighted by Gasteiger charge is -2.15. The molecule has 0 fully saturated rings. The van der Waals surface area contributed by atoms with Gasteiger partial charge in [0.05, 0.1) is 4.90 Å². The first-order valence-corrected chi connectivity index (χ1v) is 8.10. The Kier molecular flexibility index (Phi) is 5.80. The lowest BCUT2D eigenvalue weighted by atomic mass is 10.1. The predicted molar refractivity (Wildman–Crippen MR) is 78.8 cm³/mol. The third-order valence-corrected chi connectivity index (χ3v) is 4.55. The second kappa shape index (κ2) is 6.70. The van der Waals surface area contributed by atoms with E-state index >= 15 is 0 Å². The van der Waals surface area contributed by atoms with Gasteiger partial charge in [-0.25, -0.2) is 13.1 Å². The molecular formula is C13H21ClN2O2S. The molecule has 0 aliphatic rings. The minimum atomic E-state index is -3.56. The Hall–Kier alpha value is -0.620. The third-order valence-electron chi connectivity index (χ3n) is 2.75. The summed E-state index contributed by atoms with van der Waals surface area (Å²) in [6, 6.07) is 4.62. The molecule has 1 unspecified atom stereocenters. The first kappa shape index (κ1) is 16.4. The van der Waals surface area contributed by atoms with E-state index in [0.29, 0.717) is 16.5 Å². The third kappa shape index (κ3) is 5.10. The average Bonchev–Trinajstić information content (AvgIpc) is 2.29. The monoisotopic (exact) mass is 304 g/mol. The van der Waals surface area contributed by atoms with Gasteiger partial charge in [0.1, 0.15) is 0 Å². The van der Waals surface area contributed by atoms with Gasteiger partial charge in [0, 0.05) is 17.6 Å². The second-order valence-corrected chi connectivity index (χ2v) is 7.32. The van der Waals surface area contributed by atoms with Crippen LogP contribution < -0.4 is 10.5 Å². The molecule has 108 valence electrons. The van der Waals surface area contributed by atoms with Crippen LogP contribution in [0.1, 0.15) is 25.8 Å². The minimum Gasteiger partial charge on any atom is -0.327 e. The predicted octanol–water partition coefficient (Wildman–Crippen LogP) is 2.30. The van der Waals surface area contributed by atoms with Crippen molar-refractivity contribution in [2.75, 3.05) is 6.54 Å². The van der Waals surface area contributed by atoms with E-state index < -0.39 is 10.0 Å². The van der Waals surface area contributed by atoms with Crippen LogP contribution in [-0.4, -0.2) is 21.0 Å². The van der Waals surface area contributed by atoms with E-state index in [0.717, 1.165) is 6.42 Å². The average molecular weight is 305 g/mol. The Labute approximate surface area is 120 Å². The van der Waals surface area contributed by atoms with Crippen LogP contribution in [0.3, 0.4) is 0 Å². The molecule has 0 saturated carbocycles. The molecule has 1 atom stereocenters. The summed E-state index contributed by atoms with van der Waals surface area (Å²) in [6.45, 7) is 6.07. The Morgan fingerprint density at radius 2 is 2.00 bits per heavy atom. The van der Waals surface area contributed by atoms with Gasteiger partial charge in [0.25, 0.3) is 0 Å². The lowest BCUT2D eigenvalue weighted by molar-refractivity contribution is 0.485. The molecule has 6 heteroatoms. The van der Waals surface area contributed by atoms with Crippen molar-refractivity contribution in [3.05, 3.63) is 28.8 Å². The molecule has 0 aliphatic carbocycles. The fourth-order valence-electron chi connectivity index (χ4n) is 1.85. The van der Waals surface area contributed by atoms with Crippen LogP contribution in [0.2, 0.25) is 5.02 Å². The Balaban J connectivity index is 2.79. The zero-order valence-electron chi connectivity index (χ0n) is 11.5. The highest BCUT2D eigenvalue weighted by Crippen LogP contribution is 2.19. The Morgan fingerprint density at radius 1 is 1.37 bits per heavy atom. The molecular weight excluding hydrogens is 284 g/mol. The summed E-state index contributed by atoms with van der Waals surface area (Å²) in [5.74, 6) is 0.437. The summed E-state index contributed by atoms with van der Waals surface area (Å²) < 4.78 is 26.9. The highest BCUT2D eigenvalue weighted by Gasteiger charge is 2.18. The van der Waals surface area contributed by atoms with E-state index in [1.54, 1.807) is 19.1 Å².